The minimum Gasteiger partial charge on any atom is -0.399 e. The molecule has 6 aromatic carbocycles. The molecule has 0 aliphatic carbocycles. The van der Waals surface area contributed by atoms with Crippen LogP contribution in [0.3, 0.4) is 0 Å². The number of nitrogen functional groups attached to an aromatic ring is 1. The first-order chi connectivity index (χ1) is 25.0. The predicted molar refractivity (Wildman–Crippen MR) is 199 cm³/mol. The highest BCUT2D eigenvalue weighted by Crippen LogP contribution is 2.33. The molecule has 0 heterocycles. The van der Waals surface area contributed by atoms with Crippen LogP contribution in [0.25, 0.3) is 22.3 Å². The third-order valence-electron chi connectivity index (χ3n) is 7.68. The van der Waals surface area contributed by atoms with Crippen molar-refractivity contribution < 1.29 is 35.9 Å². The molecule has 0 bridgehead atoms. The lowest BCUT2D eigenvalue weighted by atomic mass is 9.98. The van der Waals surface area contributed by atoms with Gasteiger partial charge in [0, 0.05) is 22.5 Å². The first kappa shape index (κ1) is 39.9. The summed E-state index contributed by atoms with van der Waals surface area (Å²) in [6, 6.07) is 37.9. The molecule has 0 radical (unpaired) electrons. The largest absolute Gasteiger partial charge is 0.416 e. The lowest BCUT2D eigenvalue weighted by Gasteiger charge is -2.12. The fourth-order valence-electron chi connectivity index (χ4n) is 5.11. The van der Waals surface area contributed by atoms with Gasteiger partial charge in [0.15, 0.2) is 0 Å². The summed E-state index contributed by atoms with van der Waals surface area (Å²) < 4.78 is 75.6. The topological polar surface area (TPSA) is 72.2 Å². The Morgan fingerprint density at radius 1 is 0.547 bits per heavy atom. The van der Waals surface area contributed by atoms with Crippen LogP contribution in [0.5, 0.6) is 0 Å². The molecular weight excluding hydrogens is 714 g/mol. The maximum absolute atomic E-state index is 12.7. The van der Waals surface area contributed by atoms with Crippen molar-refractivity contribution in [3.05, 3.63) is 179 Å². The molecule has 0 fully saturated rings. The van der Waals surface area contributed by atoms with Gasteiger partial charge in [0.2, 0.25) is 0 Å². The van der Waals surface area contributed by atoms with Crippen LogP contribution >= 0.6 is 11.6 Å². The van der Waals surface area contributed by atoms with E-state index in [1.165, 1.54) is 35.9 Å². The molecule has 0 aliphatic rings. The highest BCUT2D eigenvalue weighted by molar-refractivity contribution is 6.68. The number of carbonyl (C=O) groups excluding carboxylic acids is 2. The quantitative estimate of drug-likeness (QED) is 0.105. The van der Waals surface area contributed by atoms with Crippen molar-refractivity contribution in [2.75, 3.05) is 11.1 Å². The second-order valence-corrected chi connectivity index (χ2v) is 12.1. The Balaban J connectivity index is 0.000000202. The Bertz CT molecular complexity index is 2150. The van der Waals surface area contributed by atoms with Crippen molar-refractivity contribution in [1.82, 2.24) is 0 Å². The molecule has 4 nitrogen and oxygen atoms in total. The summed E-state index contributed by atoms with van der Waals surface area (Å²) in [4.78, 5) is 23.9. The molecule has 3 N–H and O–H groups in total. The number of nitrogens with two attached hydrogens (primary N) is 1. The fraction of sp³-hybridized carbons (Fsp3) is 0.0952. The minimum atomic E-state index is -4.39. The normalized spacial score (nSPS) is 11.0. The van der Waals surface area contributed by atoms with E-state index in [0.29, 0.717) is 33.5 Å². The third kappa shape index (κ3) is 11.6. The molecule has 6 rings (SSSR count). The molecule has 0 unspecified atom stereocenters. The Hall–Kier alpha value is -5.87. The number of nitrogens with one attached hydrogen (secondary N) is 1. The van der Waals surface area contributed by atoms with E-state index >= 15 is 0 Å². The first-order valence-electron chi connectivity index (χ1n) is 16.0. The third-order valence-corrected chi connectivity index (χ3v) is 7.88. The predicted octanol–water partition coefficient (Wildman–Crippen LogP) is 12.3. The van der Waals surface area contributed by atoms with Gasteiger partial charge in [0.05, 0.1) is 11.1 Å². The zero-order chi connectivity index (χ0) is 38.8. The van der Waals surface area contributed by atoms with Crippen molar-refractivity contribution in [2.45, 2.75) is 26.2 Å². The van der Waals surface area contributed by atoms with Crippen LogP contribution in [0.1, 0.15) is 43.0 Å². The van der Waals surface area contributed by atoms with Gasteiger partial charge < -0.3 is 11.1 Å². The van der Waals surface area contributed by atoms with Crippen molar-refractivity contribution in [1.29, 1.82) is 0 Å². The van der Waals surface area contributed by atoms with E-state index in [1.54, 1.807) is 48.5 Å². The van der Waals surface area contributed by atoms with Crippen LogP contribution < -0.4 is 11.1 Å². The van der Waals surface area contributed by atoms with Gasteiger partial charge in [-0.1, -0.05) is 84.9 Å². The summed E-state index contributed by atoms with van der Waals surface area (Å²) in [6.07, 6.45) is -8.76. The molecule has 0 spiro atoms. The van der Waals surface area contributed by atoms with Gasteiger partial charge in [0.1, 0.15) is 0 Å². The average molecular weight is 747 g/mol. The van der Waals surface area contributed by atoms with Crippen LogP contribution in [0.15, 0.2) is 146 Å². The highest BCUT2D eigenvalue weighted by Gasteiger charge is 2.31. The van der Waals surface area contributed by atoms with Crippen LogP contribution in [-0.2, 0) is 12.4 Å². The number of amides is 1. The summed E-state index contributed by atoms with van der Waals surface area (Å²) in [5.74, 6) is -0.314. The molecule has 11 heteroatoms. The van der Waals surface area contributed by atoms with Crippen LogP contribution in [-0.4, -0.2) is 11.1 Å². The lowest BCUT2D eigenvalue weighted by Crippen LogP contribution is -2.13. The van der Waals surface area contributed by atoms with Gasteiger partial charge in [-0.2, -0.15) is 26.3 Å². The average Bonchev–Trinajstić information content (AvgIpc) is 3.11. The number of aryl methyl sites for hydroxylation is 2. The van der Waals surface area contributed by atoms with E-state index in [0.717, 1.165) is 35.5 Å². The molecule has 272 valence electrons. The second kappa shape index (κ2) is 17.6. The number of halogens is 7. The molecule has 0 saturated carbocycles. The smallest absolute Gasteiger partial charge is 0.399 e. The molecule has 0 atom stereocenters. The molecule has 6 aromatic rings. The SMILES string of the molecule is Cc1cccc(N)c1.Cc1cccc(NC(=O)c2ccccc2-c2ccc(C(F)(F)F)cc2)c1.O=C(Cl)c1ccccc1-c1ccc(C(F)(F)F)cc1. The first-order valence-corrected chi connectivity index (χ1v) is 16.3. The van der Waals surface area contributed by atoms with Gasteiger partial charge in [0.25, 0.3) is 11.1 Å². The number of hydrogen-bond donors (Lipinski definition) is 2. The fourth-order valence-corrected chi connectivity index (χ4v) is 5.27. The number of benzene rings is 6. The van der Waals surface area contributed by atoms with E-state index in [9.17, 15) is 35.9 Å². The molecular formula is C42H33ClF6N2O2. The standard InChI is InChI=1S/C21H16F3NO.C14H8ClF3O.C7H9N/c1-14-5-4-6-17(13-14)25-20(26)19-8-3-2-7-18(19)15-9-11-16(12-10-15)21(22,23)24;15-13(19)12-4-2-1-3-11(12)9-5-7-10(8-6-9)14(16,17)18;1-6-3-2-4-7(8)5-6/h2-13H,1H3,(H,25,26);1-8H;2-5H,8H2,1H3. The van der Waals surface area contributed by atoms with E-state index in [-0.39, 0.29) is 11.5 Å². The maximum Gasteiger partial charge on any atom is 0.416 e. The van der Waals surface area contributed by atoms with E-state index in [1.807, 2.05) is 56.3 Å². The van der Waals surface area contributed by atoms with Crippen LogP contribution in [0, 0.1) is 13.8 Å². The molecule has 53 heavy (non-hydrogen) atoms. The van der Waals surface area contributed by atoms with Crippen molar-refractivity contribution >= 4 is 34.1 Å². The highest BCUT2D eigenvalue weighted by atomic mass is 35.5. The van der Waals surface area contributed by atoms with E-state index in [2.05, 4.69) is 5.32 Å². The molecule has 0 aliphatic heterocycles. The Morgan fingerprint density at radius 3 is 1.40 bits per heavy atom. The van der Waals surface area contributed by atoms with E-state index in [4.69, 9.17) is 17.3 Å². The number of hydrogen-bond acceptors (Lipinski definition) is 3. The van der Waals surface area contributed by atoms with Crippen molar-refractivity contribution in [3.63, 3.8) is 0 Å². The van der Waals surface area contributed by atoms with Gasteiger partial charge in [-0.25, -0.2) is 0 Å². The Kier molecular flexibility index (Phi) is 13.2. The zero-order valence-corrected chi connectivity index (χ0v) is 29.2. The minimum absolute atomic E-state index is 0.268. The maximum atomic E-state index is 12.7. The summed E-state index contributed by atoms with van der Waals surface area (Å²) in [5.41, 5.74) is 10.5. The van der Waals surface area contributed by atoms with Gasteiger partial charge in [-0.05, 0) is 119 Å². The summed E-state index contributed by atoms with van der Waals surface area (Å²) in [5, 5.41) is 2.18. The van der Waals surface area contributed by atoms with Crippen LogP contribution in [0.2, 0.25) is 0 Å². The van der Waals surface area contributed by atoms with Crippen molar-refractivity contribution in [3.8, 4) is 22.3 Å². The number of anilines is 2. The van der Waals surface area contributed by atoms with Gasteiger partial charge in [-0.3, -0.25) is 9.59 Å². The summed E-state index contributed by atoms with van der Waals surface area (Å²) in [7, 11) is 0. The molecule has 1 amide bonds. The van der Waals surface area contributed by atoms with Gasteiger partial charge in [-0.15, -0.1) is 0 Å². The Labute approximate surface area is 307 Å². The lowest BCUT2D eigenvalue weighted by molar-refractivity contribution is -0.138. The molecule has 0 saturated heterocycles. The van der Waals surface area contributed by atoms with E-state index < -0.39 is 28.7 Å². The summed E-state index contributed by atoms with van der Waals surface area (Å²) >= 11 is 5.44. The molecule has 0 aromatic heterocycles. The second-order valence-electron chi connectivity index (χ2n) is 11.8. The Morgan fingerprint density at radius 2 is 0.981 bits per heavy atom. The van der Waals surface area contributed by atoms with Crippen LogP contribution in [0.4, 0.5) is 37.7 Å². The zero-order valence-electron chi connectivity index (χ0n) is 28.4. The number of carbonyl (C=O) groups is 2. The van der Waals surface area contributed by atoms with Gasteiger partial charge >= 0.3 is 12.4 Å². The number of rotatable bonds is 5. The number of alkyl halides is 6. The van der Waals surface area contributed by atoms with Crippen molar-refractivity contribution in [2.24, 2.45) is 0 Å². The monoisotopic (exact) mass is 746 g/mol. The summed E-state index contributed by atoms with van der Waals surface area (Å²) in [6.45, 7) is 3.95.